The molecule has 8 heteroatoms. The van der Waals surface area contributed by atoms with E-state index in [1.165, 1.54) is 0 Å². The topological polar surface area (TPSA) is 113 Å². The molecule has 0 aromatic heterocycles. The minimum Gasteiger partial charge on any atom is -0.226 e. The molecule has 0 radical (unpaired) electrons. The summed E-state index contributed by atoms with van der Waals surface area (Å²) in [7, 11) is 0. The SMILES string of the molecule is [C-]#[N+]/C(C#N)=c1/cc/c(=C(\C#N)[N+]#[C-])c2ccccc12.[C-]#[N+]/C(C#N)=c1\cc/c(=C(/C#N)[N+]#[C-])c(C)c1. The second-order valence-electron chi connectivity index (χ2n) is 7.02. The Kier molecular flexibility index (Phi) is 9.00. The quantitative estimate of drug-likeness (QED) is 0.468. The van der Waals surface area contributed by atoms with Crippen LogP contribution in [-0.4, -0.2) is 0 Å². The number of fused-ring (bicyclic) bond motifs is 1. The highest BCUT2D eigenvalue weighted by Crippen LogP contribution is 2.08. The van der Waals surface area contributed by atoms with E-state index in [2.05, 4.69) is 19.4 Å². The Hall–Kier alpha value is -6.68. The highest BCUT2D eigenvalue weighted by Gasteiger charge is 2.05. The molecule has 168 valence electrons. The second-order valence-corrected chi connectivity index (χ2v) is 7.02. The van der Waals surface area contributed by atoms with E-state index in [0.717, 1.165) is 0 Å². The Morgan fingerprint density at radius 1 is 0.568 bits per heavy atom. The van der Waals surface area contributed by atoms with Crippen LogP contribution < -0.4 is 20.9 Å². The van der Waals surface area contributed by atoms with Crippen molar-refractivity contribution in [3.63, 3.8) is 0 Å². The largest absolute Gasteiger partial charge is 0.269 e. The molecule has 0 aliphatic heterocycles. The molecule has 0 bridgehead atoms. The van der Waals surface area contributed by atoms with Gasteiger partial charge < -0.3 is 0 Å². The summed E-state index contributed by atoms with van der Waals surface area (Å²) in [5.41, 5.74) is 0.700. The molecule has 0 spiro atoms. The first-order valence-corrected chi connectivity index (χ1v) is 10.2. The van der Waals surface area contributed by atoms with Crippen LogP contribution in [0.1, 0.15) is 5.56 Å². The molecule has 0 unspecified atom stereocenters. The summed E-state index contributed by atoms with van der Waals surface area (Å²) in [5, 5.41) is 39.0. The summed E-state index contributed by atoms with van der Waals surface area (Å²) in [6, 6.07) is 22.5. The fourth-order valence-electron chi connectivity index (χ4n) is 3.38. The molecule has 8 nitrogen and oxygen atoms in total. The lowest BCUT2D eigenvalue weighted by Gasteiger charge is -2.01. The number of aryl methyl sites for hydroxylation is 1. The Labute approximate surface area is 212 Å². The van der Waals surface area contributed by atoms with Gasteiger partial charge in [-0.3, -0.25) is 0 Å². The minimum atomic E-state index is -0.00549. The van der Waals surface area contributed by atoms with Crippen molar-refractivity contribution in [3.05, 3.63) is 127 Å². The zero-order valence-electron chi connectivity index (χ0n) is 19.3. The molecule has 3 aromatic rings. The lowest BCUT2D eigenvalue weighted by Crippen LogP contribution is -2.15. The summed E-state index contributed by atoms with van der Waals surface area (Å²) >= 11 is 0. The Bertz CT molecular complexity index is 1880. The summed E-state index contributed by atoms with van der Waals surface area (Å²) in [4.78, 5) is 12.7. The van der Waals surface area contributed by atoms with Crippen LogP contribution in [0.3, 0.4) is 0 Å². The number of hydrogen-bond acceptors (Lipinski definition) is 4. The number of benzene rings is 3. The van der Waals surface area contributed by atoms with Crippen LogP contribution in [0, 0.1) is 78.5 Å². The summed E-state index contributed by atoms with van der Waals surface area (Å²) < 4.78 is 0. The first-order valence-electron chi connectivity index (χ1n) is 10.2. The van der Waals surface area contributed by atoms with Gasteiger partial charge in [0.05, 0.1) is 50.6 Å². The maximum Gasteiger partial charge on any atom is 0.269 e. The molecule has 3 aromatic carbocycles. The van der Waals surface area contributed by atoms with Crippen LogP contribution >= 0.6 is 0 Å². The molecule has 0 saturated heterocycles. The van der Waals surface area contributed by atoms with Gasteiger partial charge in [-0.25, -0.2) is 40.4 Å². The van der Waals surface area contributed by atoms with E-state index in [9.17, 15) is 0 Å². The van der Waals surface area contributed by atoms with Crippen LogP contribution in [0.25, 0.3) is 52.9 Å². The van der Waals surface area contributed by atoms with Crippen LogP contribution in [0.4, 0.5) is 0 Å². The number of nitrogens with zero attached hydrogens (tertiary/aromatic N) is 8. The molecule has 0 aliphatic rings. The Morgan fingerprint density at radius 3 is 1.30 bits per heavy atom. The molecule has 0 heterocycles. The maximum absolute atomic E-state index is 9.00. The lowest BCUT2D eigenvalue weighted by molar-refractivity contribution is 1.36. The zero-order chi connectivity index (χ0) is 27.4. The van der Waals surface area contributed by atoms with Gasteiger partial charge >= 0.3 is 0 Å². The number of nitriles is 4. The molecule has 0 N–H and O–H groups in total. The third-order valence-electron chi connectivity index (χ3n) is 5.06. The average molecular weight is 472 g/mol. The third kappa shape index (κ3) is 5.63. The zero-order valence-corrected chi connectivity index (χ0v) is 19.3. The molecule has 37 heavy (non-hydrogen) atoms. The van der Waals surface area contributed by atoms with E-state index >= 15 is 0 Å². The van der Waals surface area contributed by atoms with E-state index in [-0.39, 0.29) is 22.8 Å². The molecule has 0 saturated carbocycles. The van der Waals surface area contributed by atoms with Crippen molar-refractivity contribution in [2.24, 2.45) is 0 Å². The molecule has 0 atom stereocenters. The van der Waals surface area contributed by atoms with E-state index in [0.29, 0.717) is 37.2 Å². The molecule has 0 aliphatic carbocycles. The van der Waals surface area contributed by atoms with Crippen molar-refractivity contribution in [2.45, 2.75) is 6.92 Å². The number of rotatable bonds is 0. The smallest absolute Gasteiger partial charge is 0.226 e. The van der Waals surface area contributed by atoms with Crippen molar-refractivity contribution in [2.75, 3.05) is 0 Å². The van der Waals surface area contributed by atoms with Crippen molar-refractivity contribution < 1.29 is 0 Å². The van der Waals surface area contributed by atoms with E-state index in [1.807, 2.05) is 18.2 Å². The average Bonchev–Trinajstić information content (AvgIpc) is 2.93. The maximum atomic E-state index is 9.00. The fraction of sp³-hybridized carbons (Fsp3) is 0.0345. The predicted molar refractivity (Wildman–Crippen MR) is 136 cm³/mol. The van der Waals surface area contributed by atoms with Crippen molar-refractivity contribution in [1.29, 1.82) is 21.0 Å². The van der Waals surface area contributed by atoms with Gasteiger partial charge in [0.25, 0.3) is 22.8 Å². The highest BCUT2D eigenvalue weighted by atomic mass is 14.7. The molecule has 0 amide bonds. The second kappa shape index (κ2) is 12.5. The van der Waals surface area contributed by atoms with Crippen LogP contribution in [0.5, 0.6) is 0 Å². The molecular formula is C29H12N8. The van der Waals surface area contributed by atoms with Gasteiger partial charge in [0.1, 0.15) is 0 Å². The first kappa shape index (κ1) is 26.6. The summed E-state index contributed by atoms with van der Waals surface area (Å²) in [6.07, 6.45) is 0. The summed E-state index contributed by atoms with van der Waals surface area (Å²) in [5.74, 6) is 0. The Balaban J connectivity index is 0.000000264. The van der Waals surface area contributed by atoms with Crippen molar-refractivity contribution >= 4 is 33.6 Å². The van der Waals surface area contributed by atoms with Crippen LogP contribution in [0.2, 0.25) is 0 Å². The minimum absolute atomic E-state index is 0.000898. The number of hydrogen-bond donors (Lipinski definition) is 0. The monoisotopic (exact) mass is 472 g/mol. The van der Waals surface area contributed by atoms with Crippen LogP contribution in [0.15, 0.2) is 54.6 Å². The van der Waals surface area contributed by atoms with Gasteiger partial charge in [0.2, 0.25) is 0 Å². The van der Waals surface area contributed by atoms with Gasteiger partial charge in [-0.05, 0) is 38.6 Å². The highest BCUT2D eigenvalue weighted by molar-refractivity contribution is 5.90. The standard InChI is InChI=1S/C16H6N4.C13H6N4/c1-19-15(9-17)13-7-8-14(16(10-18)20-2)12-6-4-3-5-11(12)13;1-9-6-10(12(7-14)16-2)4-5-11(9)13(8-15)17-3/h3-8H;4-6H,1H3/b15-13-,16-14-;12-10+,13-11+. The lowest BCUT2D eigenvalue weighted by atomic mass is 10.0. The van der Waals surface area contributed by atoms with Gasteiger partial charge in [-0.1, -0.05) is 60.2 Å². The fourth-order valence-corrected chi connectivity index (χ4v) is 3.38. The molecular weight excluding hydrogens is 460 g/mol. The van der Waals surface area contributed by atoms with Crippen molar-refractivity contribution in [1.82, 2.24) is 0 Å². The van der Waals surface area contributed by atoms with Gasteiger partial charge in [0.15, 0.2) is 0 Å². The van der Waals surface area contributed by atoms with E-state index in [1.54, 1.807) is 67.6 Å². The van der Waals surface area contributed by atoms with E-state index < -0.39 is 0 Å². The third-order valence-corrected chi connectivity index (χ3v) is 5.06. The van der Waals surface area contributed by atoms with Crippen molar-refractivity contribution in [3.8, 4) is 24.3 Å². The molecule has 3 rings (SSSR count). The van der Waals surface area contributed by atoms with Gasteiger partial charge in [-0.15, -0.1) is 0 Å². The predicted octanol–water partition coefficient (Wildman–Crippen LogP) is 3.04. The Morgan fingerprint density at radius 2 is 0.946 bits per heavy atom. The molecule has 0 fully saturated rings. The van der Waals surface area contributed by atoms with E-state index in [4.69, 9.17) is 47.3 Å². The first-order chi connectivity index (χ1) is 17.9. The van der Waals surface area contributed by atoms with Gasteiger partial charge in [0, 0.05) is 0 Å². The van der Waals surface area contributed by atoms with Crippen LogP contribution in [-0.2, 0) is 0 Å². The van der Waals surface area contributed by atoms with Gasteiger partial charge in [-0.2, -0.15) is 0 Å². The summed E-state index contributed by atoms with van der Waals surface area (Å²) in [6.45, 7) is 29.5. The normalized spacial score (nSPS) is 12.4.